The van der Waals surface area contributed by atoms with E-state index in [1.54, 1.807) is 0 Å². The molecule has 0 saturated carbocycles. The second-order valence-corrected chi connectivity index (χ2v) is 5.44. The van der Waals surface area contributed by atoms with Crippen molar-refractivity contribution in [3.05, 3.63) is 65.5 Å². The molecule has 26 heavy (non-hydrogen) atoms. The highest BCUT2D eigenvalue weighted by Gasteiger charge is 2.30. The van der Waals surface area contributed by atoms with Crippen molar-refractivity contribution in [2.75, 3.05) is 5.32 Å². The quantitative estimate of drug-likeness (QED) is 0.692. The summed E-state index contributed by atoms with van der Waals surface area (Å²) in [6.45, 7) is 0. The van der Waals surface area contributed by atoms with Gasteiger partial charge in [0.15, 0.2) is 5.82 Å². The summed E-state index contributed by atoms with van der Waals surface area (Å²) in [6, 6.07) is 10.0. The molecule has 5 nitrogen and oxygen atoms in total. The molecule has 0 radical (unpaired) electrons. The molecule has 2 N–H and O–H groups in total. The lowest BCUT2D eigenvalue weighted by atomic mass is 10.1. The molecule has 2 aromatic carbocycles. The number of nitrogens with one attached hydrogen (secondary N) is 2. The molecule has 0 bridgehead atoms. The third-order valence-electron chi connectivity index (χ3n) is 3.47. The van der Waals surface area contributed by atoms with Crippen LogP contribution >= 0.6 is 0 Å². The first kappa shape index (κ1) is 17.6. The van der Waals surface area contributed by atoms with E-state index in [1.807, 2.05) is 0 Å². The average Bonchev–Trinajstić information content (AvgIpc) is 3.03. The smallest absolute Gasteiger partial charge is 0.293 e. The molecule has 0 aliphatic carbocycles. The van der Waals surface area contributed by atoms with Gasteiger partial charge in [-0.2, -0.15) is 18.2 Å². The molecule has 0 aliphatic rings. The SMILES string of the molecule is O=C(Cc1cccc(C(F)(F)F)c1)Nc1n[nH]c(-c2ccc(F)cc2)n1. The Labute approximate surface area is 145 Å². The van der Waals surface area contributed by atoms with Crippen LogP contribution in [0.2, 0.25) is 0 Å². The number of aromatic nitrogens is 3. The summed E-state index contributed by atoms with van der Waals surface area (Å²) in [5.74, 6) is -0.669. The van der Waals surface area contributed by atoms with Gasteiger partial charge >= 0.3 is 6.18 Å². The molecule has 0 spiro atoms. The van der Waals surface area contributed by atoms with Crippen LogP contribution in [0.15, 0.2) is 48.5 Å². The summed E-state index contributed by atoms with van der Waals surface area (Å²) in [4.78, 5) is 16.0. The maximum Gasteiger partial charge on any atom is 0.416 e. The number of hydrogen-bond donors (Lipinski definition) is 2. The predicted octanol–water partition coefficient (Wildman–Crippen LogP) is 3.81. The fourth-order valence-electron chi connectivity index (χ4n) is 2.27. The second-order valence-electron chi connectivity index (χ2n) is 5.44. The van der Waals surface area contributed by atoms with Crippen molar-refractivity contribution in [3.63, 3.8) is 0 Å². The fourth-order valence-corrected chi connectivity index (χ4v) is 2.27. The van der Waals surface area contributed by atoms with Crippen LogP contribution in [-0.2, 0) is 17.4 Å². The highest BCUT2D eigenvalue weighted by Crippen LogP contribution is 2.29. The Balaban J connectivity index is 1.67. The molecule has 9 heteroatoms. The standard InChI is InChI=1S/C17H12F4N4O/c18-13-6-4-11(5-7-13)15-23-16(25-24-15)22-14(26)9-10-2-1-3-12(8-10)17(19,20)21/h1-8H,9H2,(H2,22,23,24,25,26). The Bertz CT molecular complexity index is 919. The summed E-state index contributed by atoms with van der Waals surface area (Å²) in [7, 11) is 0. The first-order chi connectivity index (χ1) is 12.3. The van der Waals surface area contributed by atoms with Gasteiger partial charge in [0.2, 0.25) is 11.9 Å². The maximum atomic E-state index is 12.9. The molecule has 1 aromatic heterocycles. The van der Waals surface area contributed by atoms with Gasteiger partial charge < -0.3 is 0 Å². The van der Waals surface area contributed by atoms with Crippen LogP contribution in [0.5, 0.6) is 0 Å². The lowest BCUT2D eigenvalue weighted by Gasteiger charge is -2.08. The van der Waals surface area contributed by atoms with Crippen molar-refractivity contribution in [1.82, 2.24) is 15.2 Å². The number of benzene rings is 2. The summed E-state index contributed by atoms with van der Waals surface area (Å²) >= 11 is 0. The molecule has 3 rings (SSSR count). The number of aromatic amines is 1. The van der Waals surface area contributed by atoms with E-state index in [1.165, 1.54) is 36.4 Å². The minimum Gasteiger partial charge on any atom is -0.293 e. The van der Waals surface area contributed by atoms with Crippen LogP contribution in [0, 0.1) is 5.82 Å². The number of H-pyrrole nitrogens is 1. The van der Waals surface area contributed by atoms with Gasteiger partial charge in [-0.15, -0.1) is 5.10 Å². The number of hydrogen-bond acceptors (Lipinski definition) is 3. The van der Waals surface area contributed by atoms with Crippen molar-refractivity contribution in [2.45, 2.75) is 12.6 Å². The van der Waals surface area contributed by atoms with Crippen molar-refractivity contribution in [2.24, 2.45) is 0 Å². The highest BCUT2D eigenvalue weighted by atomic mass is 19.4. The lowest BCUT2D eigenvalue weighted by Crippen LogP contribution is -2.16. The molecular weight excluding hydrogens is 352 g/mol. The van der Waals surface area contributed by atoms with Gasteiger partial charge in [0.1, 0.15) is 5.82 Å². The number of halogens is 4. The maximum absolute atomic E-state index is 12.9. The van der Waals surface area contributed by atoms with Gasteiger partial charge in [-0.3, -0.25) is 15.2 Å². The van der Waals surface area contributed by atoms with Crippen LogP contribution in [0.3, 0.4) is 0 Å². The predicted molar refractivity (Wildman–Crippen MR) is 85.6 cm³/mol. The van der Waals surface area contributed by atoms with Crippen LogP contribution in [0.4, 0.5) is 23.5 Å². The van der Waals surface area contributed by atoms with Crippen LogP contribution in [0.25, 0.3) is 11.4 Å². The fraction of sp³-hybridized carbons (Fsp3) is 0.118. The normalized spacial score (nSPS) is 11.4. The van der Waals surface area contributed by atoms with Crippen molar-refractivity contribution >= 4 is 11.9 Å². The molecule has 1 amide bonds. The van der Waals surface area contributed by atoms with Gasteiger partial charge in [-0.1, -0.05) is 18.2 Å². The second kappa shape index (κ2) is 6.95. The van der Waals surface area contributed by atoms with E-state index in [2.05, 4.69) is 20.5 Å². The molecule has 0 unspecified atom stereocenters. The van der Waals surface area contributed by atoms with Gasteiger partial charge in [0.05, 0.1) is 12.0 Å². The Morgan fingerprint density at radius 2 is 1.85 bits per heavy atom. The molecule has 0 aliphatic heterocycles. The third kappa shape index (κ3) is 4.24. The number of alkyl halides is 3. The van der Waals surface area contributed by atoms with Gasteiger partial charge in [-0.25, -0.2) is 4.39 Å². The zero-order valence-corrected chi connectivity index (χ0v) is 13.1. The topological polar surface area (TPSA) is 70.7 Å². The average molecular weight is 364 g/mol. The van der Waals surface area contributed by atoms with Crippen LogP contribution in [0.1, 0.15) is 11.1 Å². The minimum atomic E-state index is -4.47. The Morgan fingerprint density at radius 3 is 2.54 bits per heavy atom. The summed E-state index contributed by atoms with van der Waals surface area (Å²) in [6.07, 6.45) is -4.73. The molecule has 1 heterocycles. The van der Waals surface area contributed by atoms with E-state index >= 15 is 0 Å². The molecular formula is C17H12F4N4O. The van der Waals surface area contributed by atoms with Gasteiger partial charge in [-0.05, 0) is 35.9 Å². The van der Waals surface area contributed by atoms with E-state index in [-0.39, 0.29) is 17.9 Å². The first-order valence-corrected chi connectivity index (χ1v) is 7.45. The summed E-state index contributed by atoms with van der Waals surface area (Å²) < 4.78 is 51.0. The Kier molecular flexibility index (Phi) is 4.70. The van der Waals surface area contributed by atoms with Crippen molar-refractivity contribution in [3.8, 4) is 11.4 Å². The van der Waals surface area contributed by atoms with Crippen molar-refractivity contribution in [1.29, 1.82) is 0 Å². The number of nitrogens with zero attached hydrogens (tertiary/aromatic N) is 2. The van der Waals surface area contributed by atoms with E-state index in [0.29, 0.717) is 11.4 Å². The number of carbonyl (C=O) groups excluding carboxylic acids is 1. The summed E-state index contributed by atoms with van der Waals surface area (Å²) in [5, 5.41) is 8.81. The molecule has 0 saturated heterocycles. The third-order valence-corrected chi connectivity index (χ3v) is 3.47. The monoisotopic (exact) mass is 364 g/mol. The molecule has 0 fully saturated rings. The molecule has 3 aromatic rings. The largest absolute Gasteiger partial charge is 0.416 e. The zero-order valence-electron chi connectivity index (χ0n) is 13.1. The van der Waals surface area contributed by atoms with Gasteiger partial charge in [0.25, 0.3) is 0 Å². The highest BCUT2D eigenvalue weighted by molar-refractivity contribution is 5.90. The zero-order chi connectivity index (χ0) is 18.7. The van der Waals surface area contributed by atoms with Crippen molar-refractivity contribution < 1.29 is 22.4 Å². The number of anilines is 1. The van der Waals surface area contributed by atoms with Gasteiger partial charge in [0, 0.05) is 5.56 Å². The van der Waals surface area contributed by atoms with Crippen LogP contribution < -0.4 is 5.32 Å². The van der Waals surface area contributed by atoms with E-state index < -0.39 is 23.5 Å². The van der Waals surface area contributed by atoms with Crippen LogP contribution in [-0.4, -0.2) is 21.1 Å². The molecule has 0 atom stereocenters. The minimum absolute atomic E-state index is 0.0266. The number of amides is 1. The lowest BCUT2D eigenvalue weighted by molar-refractivity contribution is -0.137. The molecule has 134 valence electrons. The first-order valence-electron chi connectivity index (χ1n) is 7.45. The van der Waals surface area contributed by atoms with E-state index in [9.17, 15) is 22.4 Å². The van der Waals surface area contributed by atoms with E-state index in [4.69, 9.17) is 0 Å². The number of rotatable bonds is 4. The Hall–Kier alpha value is -3.23. The Morgan fingerprint density at radius 1 is 1.12 bits per heavy atom. The van der Waals surface area contributed by atoms with E-state index in [0.717, 1.165) is 12.1 Å². The summed E-state index contributed by atoms with van der Waals surface area (Å²) in [5.41, 5.74) is -0.0387. The number of carbonyl (C=O) groups is 1.